The highest BCUT2D eigenvalue weighted by molar-refractivity contribution is 5.92. The van der Waals surface area contributed by atoms with Crippen LogP contribution in [0.3, 0.4) is 0 Å². The summed E-state index contributed by atoms with van der Waals surface area (Å²) < 4.78 is 14.7. The number of rotatable bonds is 6. The lowest BCUT2D eigenvalue weighted by atomic mass is 10.0. The molecule has 7 nitrogen and oxygen atoms in total. The van der Waals surface area contributed by atoms with Gasteiger partial charge < -0.3 is 10.4 Å². The normalized spacial score (nSPS) is 11.7. The van der Waals surface area contributed by atoms with Crippen molar-refractivity contribution in [1.82, 2.24) is 15.1 Å². The van der Waals surface area contributed by atoms with E-state index in [4.69, 9.17) is 5.11 Å². The number of carbonyl (C=O) groups is 2. The summed E-state index contributed by atoms with van der Waals surface area (Å²) in [5.41, 5.74) is 0.395. The fraction of sp³-hybridized carbons (Fsp3) is 0.105. The van der Waals surface area contributed by atoms with Crippen molar-refractivity contribution in [2.45, 2.75) is 12.5 Å². The number of carboxylic acid groups (broad SMARTS) is 1. The minimum atomic E-state index is -1.15. The van der Waals surface area contributed by atoms with Crippen LogP contribution in [0.25, 0.3) is 5.69 Å². The quantitative estimate of drug-likeness (QED) is 0.620. The number of aromatic amines is 1. The maximum atomic E-state index is 13.5. The summed E-state index contributed by atoms with van der Waals surface area (Å²) in [6.45, 7) is 0. The van der Waals surface area contributed by atoms with Gasteiger partial charge in [-0.1, -0.05) is 30.3 Å². The molecule has 0 aliphatic heterocycles. The average molecular weight is 369 g/mol. The first-order valence-corrected chi connectivity index (χ1v) is 8.09. The number of nitrogens with one attached hydrogen (secondary N) is 2. The number of hydrogen-bond donors (Lipinski definition) is 3. The van der Waals surface area contributed by atoms with Crippen molar-refractivity contribution in [3.8, 4) is 5.69 Å². The Hall–Kier alpha value is -3.68. The van der Waals surface area contributed by atoms with Crippen LogP contribution in [-0.2, 0) is 4.79 Å². The molecule has 138 valence electrons. The van der Waals surface area contributed by atoms with Gasteiger partial charge in [0.25, 0.3) is 11.5 Å². The molecule has 27 heavy (non-hydrogen) atoms. The molecule has 3 N–H and O–H groups in total. The first-order chi connectivity index (χ1) is 12.9. The highest BCUT2D eigenvalue weighted by Crippen LogP contribution is 2.18. The van der Waals surface area contributed by atoms with Crippen LogP contribution in [0, 0.1) is 5.82 Å². The maximum absolute atomic E-state index is 13.5. The lowest BCUT2D eigenvalue weighted by molar-refractivity contribution is -0.137. The third-order valence-corrected chi connectivity index (χ3v) is 3.91. The molecule has 0 bridgehead atoms. The summed E-state index contributed by atoms with van der Waals surface area (Å²) in [5, 5.41) is 14.3. The summed E-state index contributed by atoms with van der Waals surface area (Å²) in [4.78, 5) is 35.8. The van der Waals surface area contributed by atoms with Gasteiger partial charge in [0.05, 0.1) is 18.2 Å². The van der Waals surface area contributed by atoms with Crippen LogP contribution in [0.15, 0.2) is 65.5 Å². The number of halogens is 1. The molecule has 1 atom stereocenters. The van der Waals surface area contributed by atoms with Gasteiger partial charge >= 0.3 is 5.97 Å². The second kappa shape index (κ2) is 7.69. The summed E-state index contributed by atoms with van der Waals surface area (Å²) in [5.74, 6) is -2.36. The fourth-order valence-corrected chi connectivity index (χ4v) is 2.67. The van der Waals surface area contributed by atoms with Gasteiger partial charge in [0.15, 0.2) is 0 Å². The highest BCUT2D eigenvalue weighted by atomic mass is 19.1. The molecule has 2 aromatic carbocycles. The molecule has 8 heteroatoms. The Bertz CT molecular complexity index is 1030. The number of aliphatic carboxylic acids is 1. The average Bonchev–Trinajstić information content (AvgIpc) is 3.03. The minimum Gasteiger partial charge on any atom is -0.481 e. The van der Waals surface area contributed by atoms with Crippen molar-refractivity contribution in [2.75, 3.05) is 0 Å². The van der Waals surface area contributed by atoms with Gasteiger partial charge in [0.1, 0.15) is 11.5 Å². The monoisotopic (exact) mass is 369 g/mol. The maximum Gasteiger partial charge on any atom is 0.305 e. The predicted molar refractivity (Wildman–Crippen MR) is 95.2 cm³/mol. The molecule has 0 aliphatic rings. The van der Waals surface area contributed by atoms with E-state index in [-0.39, 0.29) is 5.69 Å². The minimum absolute atomic E-state index is 0.0318. The Morgan fingerprint density at radius 1 is 1.11 bits per heavy atom. The van der Waals surface area contributed by atoms with Gasteiger partial charge in [-0.15, -0.1) is 0 Å². The molecule has 1 amide bonds. The van der Waals surface area contributed by atoms with E-state index in [1.165, 1.54) is 22.9 Å². The first kappa shape index (κ1) is 18.1. The van der Waals surface area contributed by atoms with E-state index in [2.05, 4.69) is 10.4 Å². The van der Waals surface area contributed by atoms with Gasteiger partial charge in [-0.25, -0.2) is 9.07 Å². The van der Waals surface area contributed by atoms with Crippen LogP contribution in [0.1, 0.15) is 28.5 Å². The largest absolute Gasteiger partial charge is 0.481 e. The topological polar surface area (TPSA) is 104 Å². The van der Waals surface area contributed by atoms with Crippen molar-refractivity contribution in [3.05, 3.63) is 88.1 Å². The van der Waals surface area contributed by atoms with Gasteiger partial charge in [-0.2, -0.15) is 0 Å². The zero-order valence-corrected chi connectivity index (χ0v) is 14.1. The Morgan fingerprint density at radius 3 is 2.52 bits per heavy atom. The van der Waals surface area contributed by atoms with Crippen molar-refractivity contribution in [1.29, 1.82) is 0 Å². The van der Waals surface area contributed by atoms with E-state index in [1.54, 1.807) is 30.3 Å². The van der Waals surface area contributed by atoms with E-state index < -0.39 is 35.7 Å². The molecule has 0 aliphatic carbocycles. The summed E-state index contributed by atoms with van der Waals surface area (Å²) in [6.07, 6.45) is -0.432. The number of para-hydroxylation sites is 1. The SMILES string of the molecule is O=C(O)CC(NC(=O)c1cc(=O)n(-c2ccccc2)[nH]1)c1cccc(F)c1. The van der Waals surface area contributed by atoms with E-state index in [1.807, 2.05) is 0 Å². The highest BCUT2D eigenvalue weighted by Gasteiger charge is 2.21. The Kier molecular flexibility index (Phi) is 5.16. The van der Waals surface area contributed by atoms with E-state index in [0.717, 1.165) is 12.1 Å². The molecule has 3 rings (SSSR count). The van der Waals surface area contributed by atoms with Gasteiger partial charge in [0.2, 0.25) is 0 Å². The molecular formula is C19H16FN3O4. The molecule has 0 fully saturated rings. The standard InChI is InChI=1S/C19H16FN3O4/c20-13-6-4-5-12(9-13)15(11-18(25)26)21-19(27)16-10-17(24)23(22-16)14-7-2-1-3-8-14/h1-10,15,22H,11H2,(H,21,27)(H,25,26). The van der Waals surface area contributed by atoms with Crippen LogP contribution < -0.4 is 10.9 Å². The molecule has 1 heterocycles. The number of nitrogens with zero attached hydrogens (tertiary/aromatic N) is 1. The predicted octanol–water partition coefficient (Wildman–Crippen LogP) is 2.25. The number of carbonyl (C=O) groups excluding carboxylic acids is 1. The van der Waals surface area contributed by atoms with Crippen LogP contribution in [0.5, 0.6) is 0 Å². The third kappa shape index (κ3) is 4.30. The molecule has 0 saturated heterocycles. The third-order valence-electron chi connectivity index (χ3n) is 3.91. The number of benzene rings is 2. The fourth-order valence-electron chi connectivity index (χ4n) is 2.67. The van der Waals surface area contributed by atoms with Crippen LogP contribution >= 0.6 is 0 Å². The lowest BCUT2D eigenvalue weighted by Gasteiger charge is -2.17. The number of hydrogen-bond acceptors (Lipinski definition) is 3. The van der Waals surface area contributed by atoms with Gasteiger partial charge in [0, 0.05) is 6.07 Å². The Balaban J connectivity index is 1.86. The second-order valence-electron chi connectivity index (χ2n) is 5.86. The molecule has 0 radical (unpaired) electrons. The molecular weight excluding hydrogens is 353 g/mol. The second-order valence-corrected chi connectivity index (χ2v) is 5.86. The van der Waals surface area contributed by atoms with Gasteiger partial charge in [-0.3, -0.25) is 19.5 Å². The molecule has 0 saturated carbocycles. The van der Waals surface area contributed by atoms with Crippen molar-refractivity contribution < 1.29 is 19.1 Å². The molecule has 1 aromatic heterocycles. The lowest BCUT2D eigenvalue weighted by Crippen LogP contribution is -2.30. The summed E-state index contributed by atoms with van der Waals surface area (Å²) >= 11 is 0. The number of amides is 1. The Morgan fingerprint density at radius 2 is 1.85 bits per heavy atom. The van der Waals surface area contributed by atoms with Crippen LogP contribution in [-0.4, -0.2) is 26.8 Å². The Labute approximate surface area is 153 Å². The van der Waals surface area contributed by atoms with Crippen LogP contribution in [0.2, 0.25) is 0 Å². The zero-order valence-electron chi connectivity index (χ0n) is 14.1. The summed E-state index contributed by atoms with van der Waals surface area (Å²) in [7, 11) is 0. The van der Waals surface area contributed by atoms with E-state index >= 15 is 0 Å². The zero-order chi connectivity index (χ0) is 19.4. The molecule has 1 unspecified atom stereocenters. The smallest absolute Gasteiger partial charge is 0.305 e. The first-order valence-electron chi connectivity index (χ1n) is 8.09. The van der Waals surface area contributed by atoms with Gasteiger partial charge in [-0.05, 0) is 29.8 Å². The number of H-pyrrole nitrogens is 1. The van der Waals surface area contributed by atoms with Crippen molar-refractivity contribution >= 4 is 11.9 Å². The number of carboxylic acids is 1. The molecule has 3 aromatic rings. The van der Waals surface area contributed by atoms with Crippen molar-refractivity contribution in [3.63, 3.8) is 0 Å². The molecule has 0 spiro atoms. The number of aromatic nitrogens is 2. The van der Waals surface area contributed by atoms with E-state index in [9.17, 15) is 18.8 Å². The van der Waals surface area contributed by atoms with Crippen molar-refractivity contribution in [2.24, 2.45) is 0 Å². The van der Waals surface area contributed by atoms with Crippen LogP contribution in [0.4, 0.5) is 4.39 Å². The van der Waals surface area contributed by atoms with E-state index in [0.29, 0.717) is 11.3 Å². The summed E-state index contributed by atoms with van der Waals surface area (Å²) in [6, 6.07) is 14.2.